The first-order valence-electron chi connectivity index (χ1n) is 7.44. The molecule has 3 rings (SSSR count). The first-order chi connectivity index (χ1) is 9.72. The molecule has 0 aromatic heterocycles. The third-order valence-corrected chi connectivity index (χ3v) is 4.76. The Balaban J connectivity index is 1.80. The number of fused-ring (bicyclic) bond motifs is 1. The van der Waals surface area contributed by atoms with Crippen molar-refractivity contribution in [3.8, 4) is 0 Å². The smallest absolute Gasteiger partial charge is 0.253 e. The summed E-state index contributed by atoms with van der Waals surface area (Å²) in [6, 6.07) is 5.96. The van der Waals surface area contributed by atoms with Gasteiger partial charge in [-0.25, -0.2) is 0 Å². The largest absolute Gasteiger partial charge is 0.376 e. The van der Waals surface area contributed by atoms with E-state index in [-0.39, 0.29) is 12.6 Å². The molecule has 4 nitrogen and oxygen atoms in total. The lowest BCUT2D eigenvalue weighted by atomic mass is 9.67. The highest BCUT2D eigenvalue weighted by Gasteiger charge is 2.35. The predicted molar refractivity (Wildman–Crippen MR) is 77.6 cm³/mol. The molecule has 1 atom stereocenters. The number of aryl methyl sites for hydroxylation is 1. The van der Waals surface area contributed by atoms with E-state index in [1.807, 2.05) is 12.1 Å². The molecule has 1 aromatic rings. The number of hydrogen-bond donors (Lipinski definition) is 3. The van der Waals surface area contributed by atoms with E-state index in [4.69, 9.17) is 5.11 Å². The molecular formula is C16H22N2O2. The number of piperidine rings is 1. The second-order valence-electron chi connectivity index (χ2n) is 6.10. The van der Waals surface area contributed by atoms with Crippen molar-refractivity contribution >= 4 is 5.91 Å². The molecule has 1 unspecified atom stereocenters. The summed E-state index contributed by atoms with van der Waals surface area (Å²) >= 11 is 0. The van der Waals surface area contributed by atoms with E-state index in [0.29, 0.717) is 11.0 Å². The molecule has 1 aliphatic heterocycles. The molecule has 2 aliphatic rings. The van der Waals surface area contributed by atoms with Crippen LogP contribution in [-0.2, 0) is 12.8 Å². The second-order valence-corrected chi connectivity index (χ2v) is 6.10. The van der Waals surface area contributed by atoms with Crippen molar-refractivity contribution in [3.63, 3.8) is 0 Å². The number of hydrogen-bond acceptors (Lipinski definition) is 3. The molecule has 1 saturated heterocycles. The van der Waals surface area contributed by atoms with Gasteiger partial charge in [0.05, 0.1) is 0 Å². The number of carbonyl (C=O) groups is 1. The minimum absolute atomic E-state index is 0.199. The van der Waals surface area contributed by atoms with Crippen LogP contribution in [0.3, 0.4) is 0 Å². The molecule has 1 fully saturated rings. The third-order valence-electron chi connectivity index (χ3n) is 4.76. The summed E-state index contributed by atoms with van der Waals surface area (Å²) in [4.78, 5) is 11.7. The molecule has 1 aromatic carbocycles. The van der Waals surface area contributed by atoms with Gasteiger partial charge in [0.25, 0.3) is 5.91 Å². The van der Waals surface area contributed by atoms with Gasteiger partial charge in [-0.2, -0.15) is 0 Å². The first-order valence-corrected chi connectivity index (χ1v) is 7.44. The van der Waals surface area contributed by atoms with Gasteiger partial charge >= 0.3 is 0 Å². The number of nitrogens with one attached hydrogen (secondary N) is 2. The Kier molecular flexibility index (Phi) is 3.76. The van der Waals surface area contributed by atoms with Crippen LogP contribution in [0.4, 0.5) is 0 Å². The normalized spacial score (nSPS) is 25.2. The number of amides is 1. The Morgan fingerprint density at radius 2 is 2.25 bits per heavy atom. The van der Waals surface area contributed by atoms with Crippen LogP contribution in [0.15, 0.2) is 18.2 Å². The minimum Gasteiger partial charge on any atom is -0.376 e. The first kappa shape index (κ1) is 13.6. The van der Waals surface area contributed by atoms with Crippen molar-refractivity contribution in [1.82, 2.24) is 10.6 Å². The number of rotatable bonds is 2. The van der Waals surface area contributed by atoms with Crippen LogP contribution in [0.1, 0.15) is 40.7 Å². The molecule has 0 bridgehead atoms. The Morgan fingerprint density at radius 1 is 1.35 bits per heavy atom. The maximum absolute atomic E-state index is 11.7. The number of aliphatic hydroxyl groups is 1. The molecule has 108 valence electrons. The average molecular weight is 274 g/mol. The quantitative estimate of drug-likeness (QED) is 0.711. The lowest BCUT2D eigenvalue weighted by molar-refractivity contribution is 0.0910. The van der Waals surface area contributed by atoms with Crippen molar-refractivity contribution in [2.75, 3.05) is 19.8 Å². The topological polar surface area (TPSA) is 61.4 Å². The van der Waals surface area contributed by atoms with Gasteiger partial charge in [0.2, 0.25) is 0 Å². The predicted octanol–water partition coefficient (Wildman–Crippen LogP) is 1.22. The fourth-order valence-corrected chi connectivity index (χ4v) is 3.63. The Bertz CT molecular complexity index is 507. The van der Waals surface area contributed by atoms with Gasteiger partial charge in [-0.05, 0) is 67.3 Å². The van der Waals surface area contributed by atoms with Crippen LogP contribution in [0.25, 0.3) is 0 Å². The number of benzene rings is 1. The van der Waals surface area contributed by atoms with Crippen molar-refractivity contribution in [2.45, 2.75) is 32.1 Å². The van der Waals surface area contributed by atoms with E-state index in [2.05, 4.69) is 16.7 Å². The molecule has 0 saturated carbocycles. The molecule has 3 N–H and O–H groups in total. The maximum atomic E-state index is 11.7. The Morgan fingerprint density at radius 3 is 3.00 bits per heavy atom. The molecule has 0 radical (unpaired) electrons. The maximum Gasteiger partial charge on any atom is 0.253 e. The highest BCUT2D eigenvalue weighted by atomic mass is 16.3. The van der Waals surface area contributed by atoms with E-state index in [1.54, 1.807) is 0 Å². The monoisotopic (exact) mass is 274 g/mol. The van der Waals surface area contributed by atoms with Gasteiger partial charge in [0.1, 0.15) is 6.73 Å². The fourth-order valence-electron chi connectivity index (χ4n) is 3.63. The fraction of sp³-hybridized carbons (Fsp3) is 0.562. The third kappa shape index (κ3) is 2.58. The zero-order chi connectivity index (χ0) is 14.0. The molecule has 4 heteroatoms. The van der Waals surface area contributed by atoms with Gasteiger partial charge in [-0.1, -0.05) is 6.07 Å². The van der Waals surface area contributed by atoms with Crippen molar-refractivity contribution in [2.24, 2.45) is 5.41 Å². The molecule has 1 amide bonds. The summed E-state index contributed by atoms with van der Waals surface area (Å²) in [5, 5.41) is 14.7. The highest BCUT2D eigenvalue weighted by molar-refractivity contribution is 5.94. The van der Waals surface area contributed by atoms with Crippen LogP contribution >= 0.6 is 0 Å². The molecule has 1 aliphatic carbocycles. The lowest BCUT2D eigenvalue weighted by Gasteiger charge is -2.41. The van der Waals surface area contributed by atoms with E-state index >= 15 is 0 Å². The Hall–Kier alpha value is -1.39. The van der Waals surface area contributed by atoms with Gasteiger partial charge in [-0.3, -0.25) is 4.79 Å². The van der Waals surface area contributed by atoms with Gasteiger partial charge < -0.3 is 15.7 Å². The van der Waals surface area contributed by atoms with E-state index in [9.17, 15) is 4.79 Å². The lowest BCUT2D eigenvalue weighted by Crippen LogP contribution is -2.43. The highest BCUT2D eigenvalue weighted by Crippen LogP contribution is 2.40. The van der Waals surface area contributed by atoms with Crippen molar-refractivity contribution in [3.05, 3.63) is 34.9 Å². The molecule has 1 spiro atoms. The SMILES string of the molecule is O=C(NCO)c1ccc2c(c1)CCC1(CCCNC1)C2. The Labute approximate surface area is 119 Å². The van der Waals surface area contributed by atoms with Crippen LogP contribution in [0.2, 0.25) is 0 Å². The standard InChI is InChI=1S/C16H22N2O2/c19-11-18-15(20)13-2-3-14-9-16(5-1-7-17-10-16)6-4-12(14)8-13/h2-3,8,17,19H,1,4-7,9-11H2,(H,18,20). The van der Waals surface area contributed by atoms with E-state index in [1.165, 1.54) is 30.4 Å². The van der Waals surface area contributed by atoms with Crippen LogP contribution in [0.5, 0.6) is 0 Å². The zero-order valence-corrected chi connectivity index (χ0v) is 11.7. The zero-order valence-electron chi connectivity index (χ0n) is 11.7. The van der Waals surface area contributed by atoms with Crippen LogP contribution in [-0.4, -0.2) is 30.8 Å². The summed E-state index contributed by atoms with van der Waals surface area (Å²) in [6.45, 7) is 1.96. The summed E-state index contributed by atoms with van der Waals surface area (Å²) in [6.07, 6.45) is 5.96. The van der Waals surface area contributed by atoms with Crippen LogP contribution in [0, 0.1) is 5.41 Å². The number of aliphatic hydroxyl groups excluding tert-OH is 1. The minimum atomic E-state index is -0.315. The van der Waals surface area contributed by atoms with E-state index in [0.717, 1.165) is 25.9 Å². The van der Waals surface area contributed by atoms with Gasteiger partial charge in [0, 0.05) is 12.1 Å². The molecule has 20 heavy (non-hydrogen) atoms. The molecule has 1 heterocycles. The molecular weight excluding hydrogens is 252 g/mol. The average Bonchev–Trinajstić information content (AvgIpc) is 2.48. The number of carbonyl (C=O) groups excluding carboxylic acids is 1. The summed E-state index contributed by atoms with van der Waals surface area (Å²) < 4.78 is 0. The van der Waals surface area contributed by atoms with Crippen LogP contribution < -0.4 is 10.6 Å². The van der Waals surface area contributed by atoms with Crippen molar-refractivity contribution in [1.29, 1.82) is 0 Å². The summed E-state index contributed by atoms with van der Waals surface area (Å²) in [7, 11) is 0. The second kappa shape index (κ2) is 5.54. The van der Waals surface area contributed by atoms with Gasteiger partial charge in [0.15, 0.2) is 0 Å². The van der Waals surface area contributed by atoms with Gasteiger partial charge in [-0.15, -0.1) is 0 Å². The summed E-state index contributed by atoms with van der Waals surface area (Å²) in [5.41, 5.74) is 3.77. The van der Waals surface area contributed by atoms with E-state index < -0.39 is 0 Å². The van der Waals surface area contributed by atoms with Crippen molar-refractivity contribution < 1.29 is 9.90 Å². The summed E-state index contributed by atoms with van der Waals surface area (Å²) in [5.74, 6) is -0.199.